The number of aryl methyl sites for hydroxylation is 1. The second-order valence-corrected chi connectivity index (χ2v) is 14.9. The molecule has 0 saturated carbocycles. The number of carbonyl (C=O) groups is 2. The van der Waals surface area contributed by atoms with Crippen LogP contribution in [0.4, 0.5) is 5.69 Å². The van der Waals surface area contributed by atoms with Crippen molar-refractivity contribution >= 4 is 27.5 Å². The lowest BCUT2D eigenvalue weighted by molar-refractivity contribution is -0.115. The first kappa shape index (κ1) is 37.1. The molecule has 0 radical (unpaired) electrons. The van der Waals surface area contributed by atoms with E-state index >= 15 is 0 Å². The van der Waals surface area contributed by atoms with E-state index in [-0.39, 0.29) is 60.4 Å². The summed E-state index contributed by atoms with van der Waals surface area (Å²) >= 11 is 0. The third kappa shape index (κ3) is 9.88. The molecule has 2 amide bonds. The number of anilines is 1. The van der Waals surface area contributed by atoms with E-state index in [9.17, 15) is 23.1 Å². The molecule has 3 aromatic carbocycles. The highest BCUT2D eigenvalue weighted by molar-refractivity contribution is 7.89. The van der Waals surface area contributed by atoms with Gasteiger partial charge in [-0.25, -0.2) is 8.42 Å². The van der Waals surface area contributed by atoms with Crippen molar-refractivity contribution in [1.29, 1.82) is 0 Å². The number of hydrogen-bond acceptors (Lipinski definition) is 7. The summed E-state index contributed by atoms with van der Waals surface area (Å²) in [5.74, 6) is -0.507. The second-order valence-electron chi connectivity index (χ2n) is 12.8. The maximum absolute atomic E-state index is 14.4. The van der Waals surface area contributed by atoms with E-state index in [0.29, 0.717) is 24.5 Å². The van der Waals surface area contributed by atoms with Gasteiger partial charge in [-0.2, -0.15) is 4.31 Å². The predicted octanol–water partition coefficient (Wildman–Crippen LogP) is 5.29. The van der Waals surface area contributed by atoms with Crippen molar-refractivity contribution in [3.63, 3.8) is 0 Å². The van der Waals surface area contributed by atoms with Crippen LogP contribution >= 0.6 is 0 Å². The molecule has 11 heteroatoms. The Morgan fingerprint density at radius 1 is 1.06 bits per heavy atom. The zero-order chi connectivity index (χ0) is 34.8. The van der Waals surface area contributed by atoms with Crippen molar-refractivity contribution in [1.82, 2.24) is 9.21 Å². The summed E-state index contributed by atoms with van der Waals surface area (Å²) in [4.78, 5) is 29.0. The lowest BCUT2D eigenvalue weighted by Crippen LogP contribution is -2.48. The molecule has 4 atom stereocenters. The van der Waals surface area contributed by atoms with Crippen molar-refractivity contribution in [2.75, 3.05) is 38.7 Å². The fourth-order valence-corrected chi connectivity index (χ4v) is 6.87. The Balaban J connectivity index is 1.62. The molecular formula is C37H49N3O7S. The number of ether oxygens (including phenoxy) is 2. The molecular weight excluding hydrogens is 630 g/mol. The molecule has 0 aromatic heterocycles. The number of nitrogens with zero attached hydrogens (tertiary/aromatic N) is 2. The maximum atomic E-state index is 14.4. The minimum Gasteiger partial charge on any atom is -0.490 e. The average molecular weight is 680 g/mol. The van der Waals surface area contributed by atoms with Crippen molar-refractivity contribution in [2.24, 2.45) is 5.92 Å². The van der Waals surface area contributed by atoms with Gasteiger partial charge in [-0.1, -0.05) is 55.0 Å². The van der Waals surface area contributed by atoms with E-state index in [4.69, 9.17) is 9.47 Å². The molecule has 3 aromatic rings. The van der Waals surface area contributed by atoms with Crippen LogP contribution in [0.25, 0.3) is 0 Å². The summed E-state index contributed by atoms with van der Waals surface area (Å²) in [6.07, 6.45) is 1.72. The van der Waals surface area contributed by atoms with Gasteiger partial charge in [0.25, 0.3) is 5.91 Å². The SMILES string of the molecule is Cc1ccc(S(=O)(=O)N(C)C[C@@H]2OCCCC[C@@H](C)Oc3ccc(NC(=O)Cc4ccccc4)cc3C(=O)N([C@@H](C)CO)C[C@@H]2C)cc1. The Kier molecular flexibility index (Phi) is 13.2. The summed E-state index contributed by atoms with van der Waals surface area (Å²) in [5.41, 5.74) is 2.55. The summed E-state index contributed by atoms with van der Waals surface area (Å²) in [6.45, 7) is 7.93. The van der Waals surface area contributed by atoms with E-state index in [1.165, 1.54) is 4.31 Å². The van der Waals surface area contributed by atoms with Crippen molar-refractivity contribution < 1.29 is 32.6 Å². The Labute approximate surface area is 285 Å². The van der Waals surface area contributed by atoms with Crippen LogP contribution in [0.3, 0.4) is 0 Å². The zero-order valence-electron chi connectivity index (χ0n) is 28.6. The summed E-state index contributed by atoms with van der Waals surface area (Å²) in [6, 6.07) is 20.6. The number of aliphatic hydroxyl groups excluding tert-OH is 1. The van der Waals surface area contributed by atoms with Crippen LogP contribution in [-0.2, 0) is 26.0 Å². The molecule has 260 valence electrons. The monoisotopic (exact) mass is 679 g/mol. The second kappa shape index (κ2) is 17.1. The van der Waals surface area contributed by atoms with Gasteiger partial charge in [0.15, 0.2) is 0 Å². The van der Waals surface area contributed by atoms with Gasteiger partial charge < -0.3 is 24.8 Å². The molecule has 2 N–H and O–H groups in total. The van der Waals surface area contributed by atoms with Crippen LogP contribution < -0.4 is 10.1 Å². The number of carbonyl (C=O) groups excluding carboxylic acids is 2. The van der Waals surface area contributed by atoms with Crippen molar-refractivity contribution in [3.05, 3.63) is 89.5 Å². The van der Waals surface area contributed by atoms with Gasteiger partial charge >= 0.3 is 0 Å². The van der Waals surface area contributed by atoms with Crippen LogP contribution in [0.1, 0.15) is 61.5 Å². The lowest BCUT2D eigenvalue weighted by Gasteiger charge is -2.35. The number of sulfonamides is 1. The van der Waals surface area contributed by atoms with E-state index in [2.05, 4.69) is 5.32 Å². The molecule has 0 saturated heterocycles. The smallest absolute Gasteiger partial charge is 0.258 e. The molecule has 10 nitrogen and oxygen atoms in total. The van der Waals surface area contributed by atoms with E-state index in [0.717, 1.165) is 24.0 Å². The molecule has 1 aliphatic heterocycles. The van der Waals surface area contributed by atoms with Crippen molar-refractivity contribution in [2.45, 2.75) is 76.5 Å². The molecule has 0 aliphatic carbocycles. The van der Waals surface area contributed by atoms with Crippen LogP contribution in [0.2, 0.25) is 0 Å². The number of aliphatic hydroxyl groups is 1. The number of hydrogen-bond donors (Lipinski definition) is 2. The minimum absolute atomic E-state index is 0.0839. The molecule has 48 heavy (non-hydrogen) atoms. The molecule has 0 fully saturated rings. The molecule has 1 heterocycles. The zero-order valence-corrected chi connectivity index (χ0v) is 29.4. The van der Waals surface area contributed by atoms with Crippen LogP contribution in [-0.4, -0.2) is 86.1 Å². The predicted molar refractivity (Wildman–Crippen MR) is 187 cm³/mol. The number of likely N-dealkylation sites (N-methyl/N-ethyl adjacent to an activating group) is 1. The average Bonchev–Trinajstić information content (AvgIpc) is 3.06. The maximum Gasteiger partial charge on any atom is 0.258 e. The van der Waals surface area contributed by atoms with Crippen molar-refractivity contribution in [3.8, 4) is 5.75 Å². The number of rotatable bonds is 9. The molecule has 1 aliphatic rings. The number of amides is 2. The van der Waals surface area contributed by atoms with Crippen LogP contribution in [0, 0.1) is 12.8 Å². The number of fused-ring (bicyclic) bond motifs is 1. The summed E-state index contributed by atoms with van der Waals surface area (Å²) in [7, 11) is -2.24. The van der Waals surface area contributed by atoms with E-state index in [1.807, 2.05) is 51.1 Å². The standard InChI is InChI=1S/C37H49N3O7S/c1-26-14-17-32(18-15-26)48(44,45)39(5)24-35-27(2)23-40(28(3)25-41)37(43)33-22-31(38-36(42)21-30-12-7-6-8-13-30)16-19-34(33)47-29(4)11-9-10-20-46-35/h6-8,12-19,22,27-29,35,41H,9-11,20-21,23-25H2,1-5H3,(H,38,42)/t27-,28-,29+,35-/m0/s1. The van der Waals surface area contributed by atoms with E-state index in [1.54, 1.807) is 61.3 Å². The number of benzene rings is 3. The van der Waals surface area contributed by atoms with Crippen LogP contribution in [0.5, 0.6) is 5.75 Å². The molecule has 4 rings (SSSR count). The first-order valence-electron chi connectivity index (χ1n) is 16.6. The van der Waals surface area contributed by atoms with Gasteiger partial charge in [-0.3, -0.25) is 9.59 Å². The van der Waals surface area contributed by atoms with Gasteiger partial charge in [0.1, 0.15) is 5.75 Å². The first-order chi connectivity index (χ1) is 22.9. The summed E-state index contributed by atoms with van der Waals surface area (Å²) < 4.78 is 40.9. The highest BCUT2D eigenvalue weighted by atomic mass is 32.2. The highest BCUT2D eigenvalue weighted by Gasteiger charge is 2.32. The molecule has 0 unspecified atom stereocenters. The van der Waals surface area contributed by atoms with Gasteiger partial charge in [-0.05, 0) is 75.9 Å². The fourth-order valence-electron chi connectivity index (χ4n) is 5.69. The minimum atomic E-state index is -3.79. The fraction of sp³-hybridized carbons (Fsp3) is 0.459. The quantitative estimate of drug-likeness (QED) is 0.315. The van der Waals surface area contributed by atoms with Gasteiger partial charge in [0.2, 0.25) is 15.9 Å². The van der Waals surface area contributed by atoms with Gasteiger partial charge in [0, 0.05) is 38.3 Å². The largest absolute Gasteiger partial charge is 0.490 e. The summed E-state index contributed by atoms with van der Waals surface area (Å²) in [5, 5.41) is 13.1. The topological polar surface area (TPSA) is 125 Å². The molecule has 0 spiro atoms. The third-order valence-corrected chi connectivity index (χ3v) is 10.5. The van der Waals surface area contributed by atoms with E-state index < -0.39 is 22.2 Å². The van der Waals surface area contributed by atoms with Crippen LogP contribution in [0.15, 0.2) is 77.7 Å². The lowest BCUT2D eigenvalue weighted by atomic mass is 10.0. The first-order valence-corrected chi connectivity index (χ1v) is 18.0. The Bertz CT molecular complexity index is 1620. The van der Waals surface area contributed by atoms with Gasteiger partial charge in [0.05, 0.1) is 41.7 Å². The Morgan fingerprint density at radius 2 is 1.77 bits per heavy atom. The highest BCUT2D eigenvalue weighted by Crippen LogP contribution is 2.29. The number of nitrogens with one attached hydrogen (secondary N) is 1. The third-order valence-electron chi connectivity index (χ3n) is 8.71. The molecule has 0 bridgehead atoms. The van der Waals surface area contributed by atoms with Gasteiger partial charge in [-0.15, -0.1) is 0 Å². The Morgan fingerprint density at radius 3 is 2.46 bits per heavy atom. The Hall–Kier alpha value is -3.77. The normalized spacial score (nSPS) is 20.4.